The van der Waals surface area contributed by atoms with Crippen LogP contribution in [-0.4, -0.2) is 58.2 Å². The Balaban J connectivity index is 1.80. The first-order chi connectivity index (χ1) is 10.6. The van der Waals surface area contributed by atoms with Crippen LogP contribution in [0.2, 0.25) is 0 Å². The number of likely N-dealkylation sites (tertiary alicyclic amines) is 1. The zero-order chi connectivity index (χ0) is 15.6. The quantitative estimate of drug-likeness (QED) is 0.897. The Morgan fingerprint density at radius 2 is 2.14 bits per heavy atom. The van der Waals surface area contributed by atoms with E-state index in [2.05, 4.69) is 46.0 Å². The van der Waals surface area contributed by atoms with Crippen molar-refractivity contribution in [3.8, 4) is 0 Å². The highest BCUT2D eigenvalue weighted by Crippen LogP contribution is 2.37. The Hall–Kier alpha value is -1.69. The smallest absolute Gasteiger partial charge is 0.120 e. The number of aliphatic hydroxyl groups excluding tert-OH is 1. The number of likely N-dealkylation sites (N-methyl/N-ethyl adjacent to an activating group) is 1. The summed E-state index contributed by atoms with van der Waals surface area (Å²) in [6.45, 7) is 2.33. The monoisotopic (exact) mass is 300 g/mol. The molecular formula is C17H24N4O. The third-order valence-corrected chi connectivity index (χ3v) is 4.79. The maximum atomic E-state index is 10.9. The SMILES string of the molecule is CN(C)[C@]1(c2ccccc2)CCN(Cc2ncc[nH]2)C[C@H]1O. The average Bonchev–Trinajstić information content (AvgIpc) is 3.01. The summed E-state index contributed by atoms with van der Waals surface area (Å²) in [5.41, 5.74) is 0.867. The fourth-order valence-corrected chi connectivity index (χ4v) is 3.57. The Morgan fingerprint density at radius 1 is 1.36 bits per heavy atom. The molecule has 0 radical (unpaired) electrons. The van der Waals surface area contributed by atoms with E-state index in [4.69, 9.17) is 0 Å². The van der Waals surface area contributed by atoms with Gasteiger partial charge in [-0.15, -0.1) is 0 Å². The zero-order valence-corrected chi connectivity index (χ0v) is 13.2. The Labute approximate surface area is 131 Å². The van der Waals surface area contributed by atoms with Crippen molar-refractivity contribution in [3.05, 3.63) is 54.1 Å². The van der Waals surface area contributed by atoms with Gasteiger partial charge in [0.15, 0.2) is 0 Å². The molecule has 0 bridgehead atoms. The molecule has 118 valence electrons. The van der Waals surface area contributed by atoms with E-state index in [0.717, 1.165) is 25.3 Å². The molecule has 1 saturated heterocycles. The number of β-amino-alcohol motifs (C(OH)–C–C–N with tert-alkyl or cyclic N) is 1. The van der Waals surface area contributed by atoms with Crippen molar-refractivity contribution in [3.63, 3.8) is 0 Å². The first-order valence-electron chi connectivity index (χ1n) is 7.74. The van der Waals surface area contributed by atoms with Crippen LogP contribution >= 0.6 is 0 Å². The summed E-state index contributed by atoms with van der Waals surface area (Å²) in [7, 11) is 4.11. The Kier molecular flexibility index (Phi) is 4.29. The van der Waals surface area contributed by atoms with E-state index in [9.17, 15) is 5.11 Å². The van der Waals surface area contributed by atoms with Crippen LogP contribution in [0.3, 0.4) is 0 Å². The largest absolute Gasteiger partial charge is 0.389 e. The van der Waals surface area contributed by atoms with Crippen molar-refractivity contribution < 1.29 is 5.11 Å². The molecule has 2 atom stereocenters. The molecule has 0 unspecified atom stereocenters. The zero-order valence-electron chi connectivity index (χ0n) is 13.2. The van der Waals surface area contributed by atoms with Gasteiger partial charge in [0.25, 0.3) is 0 Å². The van der Waals surface area contributed by atoms with Gasteiger partial charge in [-0.25, -0.2) is 4.98 Å². The lowest BCUT2D eigenvalue weighted by atomic mass is 9.77. The molecule has 1 fully saturated rings. The van der Waals surface area contributed by atoms with Gasteiger partial charge in [0.2, 0.25) is 0 Å². The van der Waals surface area contributed by atoms with Gasteiger partial charge in [0.1, 0.15) is 5.82 Å². The molecule has 0 spiro atoms. The highest BCUT2D eigenvalue weighted by molar-refractivity contribution is 5.27. The maximum Gasteiger partial charge on any atom is 0.120 e. The first kappa shape index (κ1) is 15.2. The Bertz CT molecular complexity index is 584. The molecule has 5 heteroatoms. The third kappa shape index (κ3) is 2.67. The second-order valence-corrected chi connectivity index (χ2v) is 6.22. The second-order valence-electron chi connectivity index (χ2n) is 6.22. The second kappa shape index (κ2) is 6.20. The molecule has 1 aliphatic heterocycles. The van der Waals surface area contributed by atoms with Crippen molar-refractivity contribution in [2.24, 2.45) is 0 Å². The molecule has 0 amide bonds. The van der Waals surface area contributed by atoms with Crippen LogP contribution in [0.4, 0.5) is 0 Å². The van der Waals surface area contributed by atoms with Gasteiger partial charge in [-0.1, -0.05) is 30.3 Å². The minimum atomic E-state index is -0.436. The number of aliphatic hydroxyl groups is 1. The molecular weight excluding hydrogens is 276 g/mol. The summed E-state index contributed by atoms with van der Waals surface area (Å²) in [4.78, 5) is 11.8. The predicted molar refractivity (Wildman–Crippen MR) is 86.3 cm³/mol. The Morgan fingerprint density at radius 3 is 2.73 bits per heavy atom. The number of piperidine rings is 1. The topological polar surface area (TPSA) is 55.4 Å². The molecule has 1 aromatic heterocycles. The van der Waals surface area contributed by atoms with Gasteiger partial charge < -0.3 is 10.1 Å². The van der Waals surface area contributed by atoms with E-state index in [0.29, 0.717) is 6.54 Å². The molecule has 0 aliphatic carbocycles. The van der Waals surface area contributed by atoms with Crippen molar-refractivity contribution in [1.82, 2.24) is 19.8 Å². The van der Waals surface area contributed by atoms with Gasteiger partial charge in [-0.3, -0.25) is 9.80 Å². The van der Waals surface area contributed by atoms with E-state index < -0.39 is 6.10 Å². The van der Waals surface area contributed by atoms with Gasteiger partial charge in [0.05, 0.1) is 18.2 Å². The average molecular weight is 300 g/mol. The molecule has 3 rings (SSSR count). The molecule has 1 aliphatic rings. The summed E-state index contributed by atoms with van der Waals surface area (Å²) in [5.74, 6) is 0.948. The normalized spacial score (nSPS) is 26.5. The number of hydrogen-bond acceptors (Lipinski definition) is 4. The van der Waals surface area contributed by atoms with Crippen molar-refractivity contribution in [2.75, 3.05) is 27.2 Å². The van der Waals surface area contributed by atoms with Crippen LogP contribution in [-0.2, 0) is 12.1 Å². The van der Waals surface area contributed by atoms with E-state index in [-0.39, 0.29) is 5.54 Å². The molecule has 0 saturated carbocycles. The van der Waals surface area contributed by atoms with Crippen LogP contribution in [0.15, 0.2) is 42.7 Å². The van der Waals surface area contributed by atoms with Crippen LogP contribution < -0.4 is 0 Å². The number of aromatic amines is 1. The molecule has 2 N–H and O–H groups in total. The standard InChI is InChI=1S/C17H24N4O/c1-20(2)17(14-6-4-3-5-7-14)8-11-21(12-15(17)22)13-16-18-9-10-19-16/h3-7,9-10,15,22H,8,11-13H2,1-2H3,(H,18,19)/t15-,17+/m1/s1. The summed E-state index contributed by atoms with van der Waals surface area (Å²) in [5, 5.41) is 10.9. The van der Waals surface area contributed by atoms with Crippen molar-refractivity contribution >= 4 is 0 Å². The molecule has 2 heterocycles. The van der Waals surface area contributed by atoms with Gasteiger partial charge in [0, 0.05) is 25.5 Å². The van der Waals surface area contributed by atoms with Crippen LogP contribution in [0.25, 0.3) is 0 Å². The number of rotatable bonds is 4. The number of benzene rings is 1. The fraction of sp³-hybridized carbons (Fsp3) is 0.471. The van der Waals surface area contributed by atoms with E-state index in [1.54, 1.807) is 6.20 Å². The van der Waals surface area contributed by atoms with Gasteiger partial charge in [-0.05, 0) is 26.1 Å². The lowest BCUT2D eigenvalue weighted by Crippen LogP contribution is -2.59. The number of nitrogens with one attached hydrogen (secondary N) is 1. The number of H-pyrrole nitrogens is 1. The molecule has 22 heavy (non-hydrogen) atoms. The number of hydrogen-bond donors (Lipinski definition) is 2. The van der Waals surface area contributed by atoms with Crippen molar-refractivity contribution in [2.45, 2.75) is 24.6 Å². The summed E-state index contributed by atoms with van der Waals surface area (Å²) in [6, 6.07) is 10.3. The van der Waals surface area contributed by atoms with Crippen LogP contribution in [0.1, 0.15) is 17.8 Å². The van der Waals surface area contributed by atoms with E-state index >= 15 is 0 Å². The third-order valence-electron chi connectivity index (χ3n) is 4.79. The highest BCUT2D eigenvalue weighted by Gasteiger charge is 2.45. The number of aromatic nitrogens is 2. The summed E-state index contributed by atoms with van der Waals surface area (Å²) >= 11 is 0. The van der Waals surface area contributed by atoms with Gasteiger partial charge >= 0.3 is 0 Å². The molecule has 1 aromatic carbocycles. The highest BCUT2D eigenvalue weighted by atomic mass is 16.3. The first-order valence-corrected chi connectivity index (χ1v) is 7.74. The minimum Gasteiger partial charge on any atom is -0.389 e. The van der Waals surface area contributed by atoms with Crippen molar-refractivity contribution in [1.29, 1.82) is 0 Å². The predicted octanol–water partition coefficient (Wildman–Crippen LogP) is 1.43. The van der Waals surface area contributed by atoms with Crippen LogP contribution in [0.5, 0.6) is 0 Å². The lowest BCUT2D eigenvalue weighted by Gasteiger charge is -2.49. The number of imidazole rings is 1. The summed E-state index contributed by atoms with van der Waals surface area (Å²) in [6.07, 6.45) is 4.06. The molecule has 5 nitrogen and oxygen atoms in total. The van der Waals surface area contributed by atoms with E-state index in [1.165, 1.54) is 5.56 Å². The summed E-state index contributed by atoms with van der Waals surface area (Å²) < 4.78 is 0. The fourth-order valence-electron chi connectivity index (χ4n) is 3.57. The minimum absolute atomic E-state index is 0.319. The van der Waals surface area contributed by atoms with Crippen LogP contribution in [0, 0.1) is 0 Å². The lowest BCUT2D eigenvalue weighted by molar-refractivity contribution is -0.0706. The maximum absolute atomic E-state index is 10.9. The molecule has 2 aromatic rings. The van der Waals surface area contributed by atoms with E-state index in [1.807, 2.05) is 24.4 Å². The van der Waals surface area contributed by atoms with Gasteiger partial charge in [-0.2, -0.15) is 0 Å². The number of nitrogens with zero attached hydrogens (tertiary/aromatic N) is 3.